The number of carbonyl (C=O) groups is 2. The minimum Gasteiger partial charge on any atom is -0.507 e. The van der Waals surface area contributed by atoms with Crippen LogP contribution in [0.1, 0.15) is 37.4 Å². The second-order valence-corrected chi connectivity index (χ2v) is 8.58. The van der Waals surface area contributed by atoms with Gasteiger partial charge in [-0.2, -0.15) is 0 Å². The number of nitrogens with zero attached hydrogens (tertiary/aromatic N) is 2. The minimum atomic E-state index is -0.955. The minimum absolute atomic E-state index is 0.0176. The van der Waals surface area contributed by atoms with Crippen LogP contribution < -0.4 is 0 Å². The Hall–Kier alpha value is -2.94. The maximum absolute atomic E-state index is 13.0. The van der Waals surface area contributed by atoms with Crippen molar-refractivity contribution in [1.82, 2.24) is 4.90 Å². The van der Waals surface area contributed by atoms with E-state index in [1.165, 1.54) is 35.2 Å². The molecule has 1 aliphatic rings. The lowest BCUT2D eigenvalue weighted by Gasteiger charge is -2.26. The van der Waals surface area contributed by atoms with Gasteiger partial charge in [-0.25, -0.2) is 0 Å². The number of carbonyl (C=O) groups excluding carboxylic acids is 2. The molecule has 0 aliphatic carbocycles. The monoisotopic (exact) mass is 492 g/mol. The van der Waals surface area contributed by atoms with Gasteiger partial charge in [-0.1, -0.05) is 29.3 Å². The summed E-state index contributed by atoms with van der Waals surface area (Å²) in [6.45, 7) is 4.36. The Morgan fingerprint density at radius 1 is 1.18 bits per heavy atom. The van der Waals surface area contributed by atoms with E-state index in [0.717, 1.165) is 0 Å². The van der Waals surface area contributed by atoms with E-state index in [-0.39, 0.29) is 34.5 Å². The fourth-order valence-corrected chi connectivity index (χ4v) is 4.12. The predicted molar refractivity (Wildman–Crippen MR) is 124 cm³/mol. The number of aliphatic hydroxyl groups excluding tert-OH is 1. The van der Waals surface area contributed by atoms with Crippen LogP contribution in [0.4, 0.5) is 5.69 Å². The first-order chi connectivity index (χ1) is 15.6. The number of non-ortho nitro benzene ring substituents is 1. The van der Waals surface area contributed by atoms with Gasteiger partial charge in [-0.3, -0.25) is 19.7 Å². The summed E-state index contributed by atoms with van der Waals surface area (Å²) in [6, 6.07) is 8.77. The number of ether oxygens (including phenoxy) is 1. The SMILES string of the molecule is CC(C)OCCCN1C(=O)C(=O)C(=C(O)c2ccc([N+](=O)[O-])cc2)[C@@H]1c1ccc(Cl)cc1Cl. The first-order valence-electron chi connectivity index (χ1n) is 10.2. The Balaban J connectivity index is 2.07. The van der Waals surface area contributed by atoms with Crippen molar-refractivity contribution in [3.8, 4) is 0 Å². The molecular weight excluding hydrogens is 471 g/mol. The average Bonchev–Trinajstić information content (AvgIpc) is 3.01. The molecule has 2 aromatic carbocycles. The molecule has 1 fully saturated rings. The van der Waals surface area contributed by atoms with E-state index in [0.29, 0.717) is 23.6 Å². The zero-order valence-corrected chi connectivity index (χ0v) is 19.5. The summed E-state index contributed by atoms with van der Waals surface area (Å²) in [5.41, 5.74) is 0.266. The Morgan fingerprint density at radius 2 is 1.85 bits per heavy atom. The highest BCUT2D eigenvalue weighted by Crippen LogP contribution is 2.42. The van der Waals surface area contributed by atoms with Crippen molar-refractivity contribution in [2.45, 2.75) is 32.4 Å². The largest absolute Gasteiger partial charge is 0.507 e. The number of nitro benzene ring substituents is 1. The summed E-state index contributed by atoms with van der Waals surface area (Å²) in [7, 11) is 0. The second kappa shape index (κ2) is 10.3. The van der Waals surface area contributed by atoms with Crippen LogP contribution >= 0.6 is 23.2 Å². The zero-order valence-electron chi connectivity index (χ0n) is 18.0. The first-order valence-corrected chi connectivity index (χ1v) is 11.0. The number of amides is 1. The topological polar surface area (TPSA) is 110 Å². The van der Waals surface area contributed by atoms with Gasteiger partial charge in [0.2, 0.25) is 0 Å². The summed E-state index contributed by atoms with van der Waals surface area (Å²) in [4.78, 5) is 37.6. The molecule has 1 amide bonds. The summed E-state index contributed by atoms with van der Waals surface area (Å²) >= 11 is 12.4. The third-order valence-corrected chi connectivity index (χ3v) is 5.71. The van der Waals surface area contributed by atoms with Gasteiger partial charge in [-0.05, 0) is 50.1 Å². The van der Waals surface area contributed by atoms with Gasteiger partial charge in [0.05, 0.1) is 22.6 Å². The van der Waals surface area contributed by atoms with Crippen molar-refractivity contribution in [2.24, 2.45) is 0 Å². The van der Waals surface area contributed by atoms with Gasteiger partial charge >= 0.3 is 0 Å². The van der Waals surface area contributed by atoms with Crippen molar-refractivity contribution < 1.29 is 24.4 Å². The Morgan fingerprint density at radius 3 is 2.42 bits per heavy atom. The van der Waals surface area contributed by atoms with Crippen LogP contribution in [0.25, 0.3) is 5.76 Å². The molecule has 0 spiro atoms. The molecule has 0 radical (unpaired) electrons. The normalized spacial score (nSPS) is 17.7. The van der Waals surface area contributed by atoms with Crippen molar-refractivity contribution in [3.63, 3.8) is 0 Å². The molecular formula is C23H22Cl2N2O6. The average molecular weight is 493 g/mol. The van der Waals surface area contributed by atoms with Crippen molar-refractivity contribution in [3.05, 3.63) is 79.3 Å². The van der Waals surface area contributed by atoms with Crippen molar-refractivity contribution in [1.29, 1.82) is 0 Å². The van der Waals surface area contributed by atoms with Crippen molar-refractivity contribution in [2.75, 3.05) is 13.2 Å². The number of hydrogen-bond acceptors (Lipinski definition) is 6. The Kier molecular flexibility index (Phi) is 7.73. The van der Waals surface area contributed by atoms with E-state index < -0.39 is 28.4 Å². The summed E-state index contributed by atoms with van der Waals surface area (Å²) in [5.74, 6) is -2.09. The molecule has 1 saturated heterocycles. The molecule has 2 aromatic rings. The zero-order chi connectivity index (χ0) is 24.3. The summed E-state index contributed by atoms with van der Waals surface area (Å²) in [6.07, 6.45) is 0.480. The Labute approximate surface area is 200 Å². The number of aliphatic hydroxyl groups is 1. The molecule has 0 aromatic heterocycles. The number of Topliss-reactive ketones (excluding diaryl/α,β-unsaturated/α-hetero) is 1. The van der Waals surface area contributed by atoms with E-state index in [1.807, 2.05) is 13.8 Å². The molecule has 1 heterocycles. The fourth-order valence-electron chi connectivity index (χ4n) is 3.61. The van der Waals surface area contributed by atoms with Crippen LogP contribution in [-0.2, 0) is 14.3 Å². The van der Waals surface area contributed by atoms with Crippen LogP contribution in [0.15, 0.2) is 48.0 Å². The van der Waals surface area contributed by atoms with E-state index in [9.17, 15) is 24.8 Å². The number of likely N-dealkylation sites (tertiary alicyclic amines) is 1. The quantitative estimate of drug-likeness (QED) is 0.136. The van der Waals surface area contributed by atoms with Crippen molar-refractivity contribution >= 4 is 46.3 Å². The van der Waals surface area contributed by atoms with Crippen LogP contribution in [0.5, 0.6) is 0 Å². The van der Waals surface area contributed by atoms with Crippen LogP contribution in [0, 0.1) is 10.1 Å². The van der Waals surface area contributed by atoms with Gasteiger partial charge < -0.3 is 14.7 Å². The Bertz CT molecular complexity index is 1110. The fraction of sp³-hybridized carbons (Fsp3) is 0.304. The van der Waals surface area contributed by atoms with Crippen LogP contribution in [-0.4, -0.2) is 45.9 Å². The summed E-state index contributed by atoms with van der Waals surface area (Å²) < 4.78 is 5.54. The predicted octanol–water partition coefficient (Wildman–Crippen LogP) is 5.14. The summed E-state index contributed by atoms with van der Waals surface area (Å²) in [5, 5.41) is 22.5. The lowest BCUT2D eigenvalue weighted by Crippen LogP contribution is -2.31. The molecule has 3 rings (SSSR count). The molecule has 174 valence electrons. The third kappa shape index (κ3) is 5.35. The van der Waals surface area contributed by atoms with Gasteiger partial charge in [0, 0.05) is 40.9 Å². The highest BCUT2D eigenvalue weighted by Gasteiger charge is 2.46. The molecule has 33 heavy (non-hydrogen) atoms. The maximum Gasteiger partial charge on any atom is 0.295 e. The van der Waals surface area contributed by atoms with E-state index in [2.05, 4.69) is 0 Å². The van der Waals surface area contributed by atoms with E-state index >= 15 is 0 Å². The van der Waals surface area contributed by atoms with Gasteiger partial charge in [0.1, 0.15) is 5.76 Å². The molecule has 0 bridgehead atoms. The molecule has 10 heteroatoms. The van der Waals surface area contributed by atoms with Crippen LogP contribution in [0.2, 0.25) is 10.0 Å². The lowest BCUT2D eigenvalue weighted by molar-refractivity contribution is -0.384. The molecule has 0 unspecified atom stereocenters. The first kappa shape index (κ1) is 24.7. The number of nitro groups is 1. The van der Waals surface area contributed by atoms with Gasteiger partial charge in [-0.15, -0.1) is 0 Å². The molecule has 1 atom stereocenters. The smallest absolute Gasteiger partial charge is 0.295 e. The second-order valence-electron chi connectivity index (χ2n) is 7.74. The van der Waals surface area contributed by atoms with E-state index in [1.54, 1.807) is 12.1 Å². The van der Waals surface area contributed by atoms with Crippen LogP contribution in [0.3, 0.4) is 0 Å². The van der Waals surface area contributed by atoms with Gasteiger partial charge in [0.25, 0.3) is 17.4 Å². The van der Waals surface area contributed by atoms with Gasteiger partial charge in [0.15, 0.2) is 0 Å². The molecule has 1 aliphatic heterocycles. The number of ketones is 1. The van der Waals surface area contributed by atoms with E-state index in [4.69, 9.17) is 27.9 Å². The number of benzene rings is 2. The highest BCUT2D eigenvalue weighted by atomic mass is 35.5. The number of rotatable bonds is 8. The highest BCUT2D eigenvalue weighted by molar-refractivity contribution is 6.47. The molecule has 1 N–H and O–H groups in total. The maximum atomic E-state index is 13.0. The molecule has 8 nitrogen and oxygen atoms in total. The number of hydrogen-bond donors (Lipinski definition) is 1. The standard InChI is InChI=1S/C23H22Cl2N2O6/c1-13(2)33-11-3-10-26-20(17-9-6-15(24)12-18(17)25)19(22(29)23(26)30)21(28)14-4-7-16(8-5-14)27(31)32/h4-9,12-13,20,28H,3,10-11H2,1-2H3/t20-/m0/s1. The molecule has 0 saturated carbocycles. The lowest BCUT2D eigenvalue weighted by atomic mass is 9.95. The number of halogens is 2. The third-order valence-electron chi connectivity index (χ3n) is 5.14.